The van der Waals surface area contributed by atoms with Crippen molar-refractivity contribution in [2.45, 2.75) is 53.0 Å². The molecule has 3 rings (SSSR count). The molecule has 154 valence electrons. The number of carbonyl (C=O) groups is 1. The van der Waals surface area contributed by atoms with Crippen LogP contribution in [0.15, 0.2) is 55.1 Å². The summed E-state index contributed by atoms with van der Waals surface area (Å²) in [5.74, 6) is -0.225. The van der Waals surface area contributed by atoms with Crippen LogP contribution >= 0.6 is 23.3 Å². The van der Waals surface area contributed by atoms with E-state index in [2.05, 4.69) is 54.3 Å². The summed E-state index contributed by atoms with van der Waals surface area (Å²) in [6.07, 6.45) is 2.92. The molecule has 1 amide bonds. The highest BCUT2D eigenvalue weighted by Crippen LogP contribution is 2.45. The number of rotatable bonds is 4. The maximum atomic E-state index is 11.8. The van der Waals surface area contributed by atoms with Crippen molar-refractivity contribution >= 4 is 34.9 Å². The third-order valence-corrected chi connectivity index (χ3v) is 4.39. The normalized spacial score (nSPS) is 15.8. The van der Waals surface area contributed by atoms with Crippen LogP contribution in [0.25, 0.3) is 11.1 Å². The van der Waals surface area contributed by atoms with Gasteiger partial charge in [0.05, 0.1) is 11.3 Å². The van der Waals surface area contributed by atoms with E-state index in [1.165, 1.54) is 0 Å². The molecule has 1 heterocycles. The third-order valence-electron chi connectivity index (χ3n) is 4.39. The van der Waals surface area contributed by atoms with Gasteiger partial charge in [-0.15, -0.1) is 29.9 Å². The number of anilines is 1. The number of carbonyl (C=O) groups excluding carboxylic acids is 1. The van der Waals surface area contributed by atoms with E-state index in [0.29, 0.717) is 5.56 Å². The Morgan fingerprint density at radius 2 is 1.68 bits per heavy atom. The smallest absolute Gasteiger partial charge is 0.250 e. The number of thiol groups is 2. The first-order valence-corrected chi connectivity index (χ1v) is 11.4. The van der Waals surface area contributed by atoms with E-state index in [4.69, 9.17) is 5.73 Å². The van der Waals surface area contributed by atoms with Gasteiger partial charge >= 0.3 is 0 Å². The molecule has 0 aliphatic carbocycles. The Morgan fingerprint density at radius 1 is 1.11 bits per heavy atom. The Bertz CT molecular complexity index is 733. The second-order valence-electron chi connectivity index (χ2n) is 5.60. The first-order chi connectivity index (χ1) is 13.7. The largest absolute Gasteiger partial charge is 0.380 e. The molecule has 2 unspecified atom stereocenters. The molecule has 2 aromatic carbocycles. The fourth-order valence-corrected chi connectivity index (χ4v) is 3.31. The van der Waals surface area contributed by atoms with E-state index >= 15 is 0 Å². The molecule has 5 heteroatoms. The number of hydrogen-bond donors (Lipinski definition) is 4. The molecule has 2 aromatic rings. The minimum Gasteiger partial charge on any atom is -0.380 e. The van der Waals surface area contributed by atoms with Crippen LogP contribution in [0.1, 0.15) is 62.9 Å². The fourth-order valence-electron chi connectivity index (χ4n) is 3.31. The molecule has 1 aliphatic rings. The van der Waals surface area contributed by atoms with Gasteiger partial charge in [0.2, 0.25) is 0 Å². The Kier molecular flexibility index (Phi) is 13.3. The van der Waals surface area contributed by atoms with Gasteiger partial charge in [0, 0.05) is 12.0 Å². The summed E-state index contributed by atoms with van der Waals surface area (Å²) in [6.45, 7) is 14.1. The van der Waals surface area contributed by atoms with Crippen LogP contribution in [0.5, 0.6) is 0 Å². The summed E-state index contributed by atoms with van der Waals surface area (Å²) in [5.41, 5.74) is 10.4. The Hall–Kier alpha value is -1.85. The highest BCUT2D eigenvalue weighted by atomic mass is 33.1. The van der Waals surface area contributed by atoms with Crippen molar-refractivity contribution in [3.63, 3.8) is 0 Å². The summed E-state index contributed by atoms with van der Waals surface area (Å²) in [7, 11) is 0. The van der Waals surface area contributed by atoms with Crippen LogP contribution in [0.2, 0.25) is 0 Å². The van der Waals surface area contributed by atoms with Gasteiger partial charge in [0.1, 0.15) is 0 Å². The van der Waals surface area contributed by atoms with E-state index in [1.54, 1.807) is 0 Å². The molecule has 0 spiro atoms. The van der Waals surface area contributed by atoms with E-state index in [1.807, 2.05) is 64.1 Å². The van der Waals surface area contributed by atoms with Crippen LogP contribution in [-0.4, -0.2) is 11.9 Å². The number of nitrogens with one attached hydrogen (secondary N) is 1. The maximum absolute atomic E-state index is 11.8. The van der Waals surface area contributed by atoms with Crippen LogP contribution in [-0.2, 0) is 0 Å². The van der Waals surface area contributed by atoms with Crippen molar-refractivity contribution in [3.8, 4) is 11.1 Å². The highest BCUT2D eigenvalue weighted by molar-refractivity contribution is 8.59. The molecule has 1 aliphatic heterocycles. The van der Waals surface area contributed by atoms with Gasteiger partial charge in [-0.2, -0.15) is 0 Å². The van der Waals surface area contributed by atoms with Crippen molar-refractivity contribution in [1.82, 2.24) is 0 Å². The minimum atomic E-state index is -0.400. The van der Waals surface area contributed by atoms with Crippen LogP contribution in [0.3, 0.4) is 0 Å². The van der Waals surface area contributed by atoms with Gasteiger partial charge < -0.3 is 11.1 Å². The molecule has 3 N–H and O–H groups in total. The lowest BCUT2D eigenvalue weighted by atomic mass is 9.86. The Labute approximate surface area is 181 Å². The van der Waals surface area contributed by atoms with Crippen molar-refractivity contribution in [1.29, 1.82) is 0 Å². The number of nitrogens with two attached hydrogens (primary N) is 1. The molecular formula is C23H34N2OS2. The summed E-state index contributed by atoms with van der Waals surface area (Å²) >= 11 is 6.44. The summed E-state index contributed by atoms with van der Waals surface area (Å²) < 4.78 is 0. The monoisotopic (exact) mass is 418 g/mol. The van der Waals surface area contributed by atoms with Gasteiger partial charge in [0.15, 0.2) is 0 Å². The van der Waals surface area contributed by atoms with Crippen molar-refractivity contribution in [3.05, 3.63) is 66.2 Å². The Morgan fingerprint density at radius 3 is 2.14 bits per heavy atom. The third kappa shape index (κ3) is 5.82. The lowest BCUT2D eigenvalue weighted by molar-refractivity contribution is 0.100. The van der Waals surface area contributed by atoms with Crippen LogP contribution in [0, 0.1) is 0 Å². The molecule has 0 fully saturated rings. The van der Waals surface area contributed by atoms with E-state index in [9.17, 15) is 4.79 Å². The first-order valence-electron chi connectivity index (χ1n) is 9.78. The standard InChI is InChI=1S/C19H20N2O.2C2H6.H2S2/c1-3-13-16(4-2)21-18-15(19(20)22)11-10-14(17(13)18)12-8-6-5-7-9-12;3*1-2/h3,5-11,13,16,21H,1,4H2,2H3,(H2,20,22);2*1-2H3;1-2H. The van der Waals surface area contributed by atoms with Gasteiger partial charge in [-0.3, -0.25) is 4.79 Å². The minimum absolute atomic E-state index is 0.175. The number of primary amides is 1. The lowest BCUT2D eigenvalue weighted by Gasteiger charge is -2.16. The van der Waals surface area contributed by atoms with Gasteiger partial charge in [-0.1, -0.05) is 77.1 Å². The molecule has 3 nitrogen and oxygen atoms in total. The topological polar surface area (TPSA) is 55.1 Å². The second kappa shape index (κ2) is 14.2. The summed E-state index contributed by atoms with van der Waals surface area (Å²) in [5, 5.41) is 3.47. The molecule has 0 bridgehead atoms. The van der Waals surface area contributed by atoms with E-state index in [-0.39, 0.29) is 12.0 Å². The molecule has 0 saturated carbocycles. The molecule has 0 saturated heterocycles. The number of hydrogen-bond acceptors (Lipinski definition) is 4. The molecule has 0 radical (unpaired) electrons. The number of fused-ring (bicyclic) bond motifs is 1. The average molecular weight is 419 g/mol. The fraction of sp³-hybridized carbons (Fsp3) is 0.348. The molecule has 0 aromatic heterocycles. The van der Waals surface area contributed by atoms with Crippen LogP contribution < -0.4 is 11.1 Å². The first kappa shape index (κ1) is 26.1. The van der Waals surface area contributed by atoms with Gasteiger partial charge in [-0.25, -0.2) is 0 Å². The number of amides is 1. The quantitative estimate of drug-likeness (QED) is 0.252. The average Bonchev–Trinajstić information content (AvgIpc) is 3.16. The Balaban J connectivity index is 0.00000111. The zero-order valence-electron chi connectivity index (χ0n) is 17.6. The van der Waals surface area contributed by atoms with Crippen molar-refractivity contribution < 1.29 is 4.79 Å². The molecule has 28 heavy (non-hydrogen) atoms. The van der Waals surface area contributed by atoms with E-state index < -0.39 is 5.91 Å². The lowest BCUT2D eigenvalue weighted by Crippen LogP contribution is -2.19. The number of benzene rings is 2. The summed E-state index contributed by atoms with van der Waals surface area (Å²) in [6, 6.07) is 14.3. The predicted octanol–water partition coefficient (Wildman–Crippen LogP) is 6.74. The summed E-state index contributed by atoms with van der Waals surface area (Å²) in [4.78, 5) is 11.8. The van der Waals surface area contributed by atoms with Crippen LogP contribution in [0.4, 0.5) is 5.69 Å². The van der Waals surface area contributed by atoms with Crippen molar-refractivity contribution in [2.24, 2.45) is 5.73 Å². The predicted molar refractivity (Wildman–Crippen MR) is 132 cm³/mol. The molecule has 2 atom stereocenters. The van der Waals surface area contributed by atoms with Gasteiger partial charge in [-0.05, 0) is 29.2 Å². The SMILES string of the molecule is C=CC1c2c(-c3ccccc3)ccc(C(N)=O)c2NC1CC.CC.CC.SS. The zero-order valence-corrected chi connectivity index (χ0v) is 19.4. The van der Waals surface area contributed by atoms with Gasteiger partial charge in [0.25, 0.3) is 5.91 Å². The molecular weight excluding hydrogens is 384 g/mol. The maximum Gasteiger partial charge on any atom is 0.250 e. The van der Waals surface area contributed by atoms with E-state index in [0.717, 1.165) is 28.8 Å². The van der Waals surface area contributed by atoms with Crippen molar-refractivity contribution in [2.75, 3.05) is 5.32 Å². The second-order valence-corrected chi connectivity index (χ2v) is 5.60. The highest BCUT2D eigenvalue weighted by Gasteiger charge is 2.33. The zero-order chi connectivity index (χ0) is 21.7.